The zero-order valence-corrected chi connectivity index (χ0v) is 9.31. The highest BCUT2D eigenvalue weighted by molar-refractivity contribution is 9.10. The van der Waals surface area contributed by atoms with Crippen LogP contribution >= 0.6 is 27.1 Å². The Morgan fingerprint density at radius 2 is 2.08 bits per heavy atom. The zero-order valence-electron chi connectivity index (χ0n) is 6.91. The lowest BCUT2D eigenvalue weighted by molar-refractivity contribution is -0.133. The van der Waals surface area contributed by atoms with Gasteiger partial charge in [-0.15, -0.1) is 0 Å². The minimum Gasteiger partial charge on any atom is -0.459 e. The highest BCUT2D eigenvalue weighted by Gasteiger charge is 1.90. The van der Waals surface area contributed by atoms with Crippen molar-refractivity contribution in [3.63, 3.8) is 0 Å². The maximum absolute atomic E-state index is 10.7. The first-order valence-electron chi connectivity index (χ1n) is 3.49. The molecule has 0 atom stereocenters. The normalized spacial score (nSPS) is 8.77. The number of esters is 1. The van der Waals surface area contributed by atoms with Crippen LogP contribution in [0.3, 0.4) is 0 Å². The predicted octanol–water partition coefficient (Wildman–Crippen LogP) is 2.67. The van der Waals surface area contributed by atoms with E-state index in [0.717, 1.165) is 9.37 Å². The molecule has 0 saturated heterocycles. The molecule has 0 aliphatic heterocycles. The van der Waals surface area contributed by atoms with Crippen LogP contribution < -0.4 is 0 Å². The number of methoxy groups -OCH3 is 1. The van der Waals surface area contributed by atoms with Crippen LogP contribution in [-0.4, -0.2) is 13.1 Å². The summed E-state index contributed by atoms with van der Waals surface area (Å²) in [5.74, 6) is -0.451. The smallest absolute Gasteiger partial charge is 0.386 e. The van der Waals surface area contributed by atoms with E-state index < -0.39 is 5.97 Å². The number of halogens is 1. The van der Waals surface area contributed by atoms with Gasteiger partial charge < -0.3 is 4.74 Å². The Labute approximate surface area is 88.6 Å². The van der Waals surface area contributed by atoms with Crippen LogP contribution in [0.5, 0.6) is 0 Å². The highest BCUT2D eigenvalue weighted by atomic mass is 79.9. The third kappa shape index (κ3) is 3.59. The van der Waals surface area contributed by atoms with Crippen molar-refractivity contribution in [2.24, 2.45) is 0 Å². The number of ether oxygens (including phenoxy) is 1. The number of carbonyl (C=O) groups excluding carboxylic acids is 1. The summed E-state index contributed by atoms with van der Waals surface area (Å²) in [6.07, 6.45) is 0. The number of rotatable bonds is 0. The van der Waals surface area contributed by atoms with E-state index >= 15 is 0 Å². The second-order valence-corrected chi connectivity index (χ2v) is 3.94. The van der Waals surface area contributed by atoms with Gasteiger partial charge in [-0.1, -0.05) is 27.1 Å². The molecule has 2 nitrogen and oxygen atoms in total. The summed E-state index contributed by atoms with van der Waals surface area (Å²) >= 11 is 4.53. The average Bonchev–Trinajstić information content (AvgIpc) is 2.16. The summed E-state index contributed by atoms with van der Waals surface area (Å²) in [6, 6.07) is 7.60. The molecule has 0 unspecified atom stereocenters. The molecule has 0 aliphatic carbocycles. The predicted molar refractivity (Wildman–Crippen MR) is 55.9 cm³/mol. The van der Waals surface area contributed by atoms with Crippen molar-refractivity contribution in [3.05, 3.63) is 28.7 Å². The Bertz CT molecular complexity index is 361. The molecule has 0 aromatic heterocycles. The van der Waals surface area contributed by atoms with Crippen LogP contribution in [0.1, 0.15) is 0 Å². The first-order chi connectivity index (χ1) is 6.22. The van der Waals surface area contributed by atoms with Crippen molar-refractivity contribution < 1.29 is 9.53 Å². The van der Waals surface area contributed by atoms with E-state index in [2.05, 4.69) is 25.9 Å². The highest BCUT2D eigenvalue weighted by Crippen LogP contribution is 2.14. The Balaban J connectivity index is 2.78. The summed E-state index contributed by atoms with van der Waals surface area (Å²) < 4.78 is 5.42. The molecule has 0 heterocycles. The molecular formula is C9H7BrO2S. The quantitative estimate of drug-likeness (QED) is 0.669. The summed E-state index contributed by atoms with van der Waals surface area (Å²) in [7, 11) is 1.33. The molecule has 0 aliphatic rings. The number of hydrogen-bond donors (Lipinski definition) is 0. The molecular weight excluding hydrogens is 252 g/mol. The lowest BCUT2D eigenvalue weighted by Gasteiger charge is -1.89. The molecule has 0 spiro atoms. The monoisotopic (exact) mass is 258 g/mol. The molecule has 13 heavy (non-hydrogen) atoms. The molecule has 1 aromatic carbocycles. The number of carbonyl (C=O) groups is 1. The fourth-order valence-corrected chi connectivity index (χ4v) is 1.47. The van der Waals surface area contributed by atoms with Crippen molar-refractivity contribution in [3.8, 4) is 5.18 Å². The molecule has 0 radical (unpaired) electrons. The van der Waals surface area contributed by atoms with Crippen LogP contribution in [0.25, 0.3) is 0 Å². The lowest BCUT2D eigenvalue weighted by Crippen LogP contribution is -1.92. The van der Waals surface area contributed by atoms with Gasteiger partial charge in [-0.3, -0.25) is 0 Å². The minimum absolute atomic E-state index is 0.451. The first-order valence-corrected chi connectivity index (χ1v) is 5.09. The fourth-order valence-electron chi connectivity index (χ4n) is 0.645. The molecule has 0 N–H and O–H groups in total. The van der Waals surface area contributed by atoms with Crippen LogP contribution in [0, 0.1) is 5.18 Å². The third-order valence-electron chi connectivity index (χ3n) is 1.25. The van der Waals surface area contributed by atoms with Gasteiger partial charge in [0.1, 0.15) is 0 Å². The Hall–Kier alpha value is -0.830. The van der Waals surface area contributed by atoms with Crippen molar-refractivity contribution >= 4 is 33.1 Å². The van der Waals surface area contributed by atoms with E-state index in [4.69, 9.17) is 0 Å². The SMILES string of the molecule is COC(=O)C#Sc1ccc(Br)cc1. The van der Waals surface area contributed by atoms with Gasteiger partial charge in [0.2, 0.25) is 0 Å². The minimum atomic E-state index is -0.451. The van der Waals surface area contributed by atoms with Crippen molar-refractivity contribution in [1.82, 2.24) is 0 Å². The van der Waals surface area contributed by atoms with E-state index in [1.54, 1.807) is 0 Å². The third-order valence-corrected chi connectivity index (χ3v) is 2.56. The van der Waals surface area contributed by atoms with E-state index in [9.17, 15) is 4.79 Å². The first kappa shape index (κ1) is 10.3. The second-order valence-electron chi connectivity index (χ2n) is 2.15. The maximum Gasteiger partial charge on any atom is 0.386 e. The van der Waals surface area contributed by atoms with Gasteiger partial charge in [0.15, 0.2) is 0 Å². The van der Waals surface area contributed by atoms with Crippen molar-refractivity contribution in [1.29, 1.82) is 0 Å². The Morgan fingerprint density at radius 3 is 2.62 bits per heavy atom. The lowest BCUT2D eigenvalue weighted by atomic mass is 10.4. The van der Waals surface area contributed by atoms with E-state index in [0.29, 0.717) is 0 Å². The molecule has 68 valence electrons. The van der Waals surface area contributed by atoms with Gasteiger partial charge in [-0.05, 0) is 24.3 Å². The molecule has 4 heteroatoms. The fraction of sp³-hybridized carbons (Fsp3) is 0.111. The average molecular weight is 259 g/mol. The van der Waals surface area contributed by atoms with Gasteiger partial charge in [-0.2, -0.15) is 0 Å². The second kappa shape index (κ2) is 5.02. The summed E-state index contributed by atoms with van der Waals surface area (Å²) in [5.41, 5.74) is 0. The van der Waals surface area contributed by atoms with E-state index in [1.165, 1.54) is 18.3 Å². The van der Waals surface area contributed by atoms with Gasteiger partial charge in [0, 0.05) is 14.6 Å². The summed E-state index contributed by atoms with van der Waals surface area (Å²) in [5, 5.41) is 2.51. The van der Waals surface area contributed by atoms with E-state index in [1.807, 2.05) is 24.3 Å². The molecule has 0 saturated carbocycles. The Kier molecular flexibility index (Phi) is 3.96. The molecule has 1 rings (SSSR count). The number of benzene rings is 1. The summed E-state index contributed by atoms with van der Waals surface area (Å²) in [6.45, 7) is 0. The molecule has 0 amide bonds. The standard InChI is InChI=1S/C9H7BrO2S/c1-12-9(11)6-13-8-4-2-7(10)3-5-8/h2-5H,1H3. The van der Waals surface area contributed by atoms with Crippen LogP contribution in [0.2, 0.25) is 0 Å². The Morgan fingerprint density at radius 1 is 1.46 bits per heavy atom. The topological polar surface area (TPSA) is 26.3 Å². The zero-order chi connectivity index (χ0) is 9.68. The van der Waals surface area contributed by atoms with Gasteiger partial charge in [0.25, 0.3) is 0 Å². The molecule has 0 bridgehead atoms. The molecule has 1 aromatic rings. The largest absolute Gasteiger partial charge is 0.459 e. The van der Waals surface area contributed by atoms with Gasteiger partial charge in [0.05, 0.1) is 7.11 Å². The van der Waals surface area contributed by atoms with Gasteiger partial charge in [-0.25, -0.2) is 4.79 Å². The van der Waals surface area contributed by atoms with Crippen LogP contribution in [-0.2, 0) is 9.53 Å². The van der Waals surface area contributed by atoms with Crippen molar-refractivity contribution in [2.45, 2.75) is 4.90 Å². The van der Waals surface area contributed by atoms with Crippen molar-refractivity contribution in [2.75, 3.05) is 7.11 Å². The van der Waals surface area contributed by atoms with Crippen LogP contribution in [0.4, 0.5) is 0 Å². The van der Waals surface area contributed by atoms with Crippen LogP contribution in [0.15, 0.2) is 33.6 Å². The number of hydrogen-bond acceptors (Lipinski definition) is 2. The maximum atomic E-state index is 10.7. The molecule has 0 fully saturated rings. The van der Waals surface area contributed by atoms with E-state index in [-0.39, 0.29) is 0 Å². The summed E-state index contributed by atoms with van der Waals surface area (Å²) in [4.78, 5) is 11.6. The van der Waals surface area contributed by atoms with Gasteiger partial charge >= 0.3 is 5.97 Å².